The van der Waals surface area contributed by atoms with E-state index in [4.69, 9.17) is 11.5 Å². The average Bonchev–Trinajstić information content (AvgIpc) is 2.77. The van der Waals surface area contributed by atoms with E-state index in [1.165, 1.54) is 0 Å². The van der Waals surface area contributed by atoms with Gasteiger partial charge in [0.05, 0.1) is 13.1 Å². The molecule has 0 atom stereocenters. The molecule has 0 fully saturated rings. The number of hydrogen-bond acceptors (Lipinski definition) is 4. The first-order valence-corrected chi connectivity index (χ1v) is 5.16. The first-order valence-electron chi connectivity index (χ1n) is 5.16. The van der Waals surface area contributed by atoms with Gasteiger partial charge < -0.3 is 11.5 Å². The lowest BCUT2D eigenvalue weighted by molar-refractivity contribution is 0.100. The lowest BCUT2D eigenvalue weighted by Gasteiger charge is -2.02. The largest absolute Gasteiger partial charge is 0.366 e. The highest BCUT2D eigenvalue weighted by molar-refractivity contribution is 5.92. The Morgan fingerprint density at radius 1 is 1.29 bits per heavy atom. The average molecular weight is 231 g/mol. The van der Waals surface area contributed by atoms with Crippen LogP contribution in [0.5, 0.6) is 0 Å². The van der Waals surface area contributed by atoms with E-state index >= 15 is 0 Å². The van der Waals surface area contributed by atoms with Crippen molar-refractivity contribution in [2.45, 2.75) is 13.1 Å². The Morgan fingerprint density at radius 2 is 2.00 bits per heavy atom. The number of amides is 1. The van der Waals surface area contributed by atoms with Gasteiger partial charge in [-0.15, -0.1) is 0 Å². The van der Waals surface area contributed by atoms with Crippen LogP contribution in [0.15, 0.2) is 30.6 Å². The molecule has 6 nitrogen and oxygen atoms in total. The van der Waals surface area contributed by atoms with Gasteiger partial charge in [0, 0.05) is 5.56 Å². The van der Waals surface area contributed by atoms with Crippen LogP contribution >= 0.6 is 0 Å². The van der Waals surface area contributed by atoms with Crippen LogP contribution in [0.1, 0.15) is 21.7 Å². The van der Waals surface area contributed by atoms with Gasteiger partial charge in [-0.05, 0) is 17.7 Å². The van der Waals surface area contributed by atoms with Crippen molar-refractivity contribution in [3.63, 3.8) is 0 Å². The number of carbonyl (C=O) groups is 1. The van der Waals surface area contributed by atoms with Gasteiger partial charge in [-0.2, -0.15) is 5.10 Å². The lowest BCUT2D eigenvalue weighted by atomic mass is 10.1. The van der Waals surface area contributed by atoms with Crippen LogP contribution in [0, 0.1) is 0 Å². The van der Waals surface area contributed by atoms with Crippen LogP contribution in [0.4, 0.5) is 0 Å². The van der Waals surface area contributed by atoms with Gasteiger partial charge in [0.25, 0.3) is 0 Å². The zero-order valence-corrected chi connectivity index (χ0v) is 9.21. The summed E-state index contributed by atoms with van der Waals surface area (Å²) in [5.74, 6) is 0.182. The van der Waals surface area contributed by atoms with Gasteiger partial charge in [0.15, 0.2) is 5.82 Å². The molecule has 6 heteroatoms. The van der Waals surface area contributed by atoms with Crippen molar-refractivity contribution in [2.24, 2.45) is 11.5 Å². The van der Waals surface area contributed by atoms with E-state index in [2.05, 4.69) is 10.1 Å². The molecule has 2 rings (SSSR count). The maximum atomic E-state index is 10.9. The number of nitrogens with zero attached hydrogens (tertiary/aromatic N) is 3. The number of benzene rings is 1. The predicted molar refractivity (Wildman–Crippen MR) is 62.0 cm³/mol. The van der Waals surface area contributed by atoms with Crippen LogP contribution in [0.25, 0.3) is 0 Å². The fraction of sp³-hybridized carbons (Fsp3) is 0.182. The summed E-state index contributed by atoms with van der Waals surface area (Å²) in [4.78, 5) is 14.9. The minimum Gasteiger partial charge on any atom is -0.366 e. The molecule has 1 amide bonds. The molecule has 0 bridgehead atoms. The highest BCUT2D eigenvalue weighted by atomic mass is 16.1. The molecular formula is C11H13N5O. The molecule has 0 spiro atoms. The van der Waals surface area contributed by atoms with Crippen LogP contribution < -0.4 is 11.5 Å². The van der Waals surface area contributed by atoms with Crippen molar-refractivity contribution < 1.29 is 4.79 Å². The van der Waals surface area contributed by atoms with Crippen molar-refractivity contribution in [2.75, 3.05) is 0 Å². The van der Waals surface area contributed by atoms with E-state index in [1.54, 1.807) is 23.1 Å². The normalized spacial score (nSPS) is 10.4. The Kier molecular flexibility index (Phi) is 3.15. The van der Waals surface area contributed by atoms with E-state index in [0.29, 0.717) is 24.5 Å². The zero-order chi connectivity index (χ0) is 12.3. The molecule has 0 unspecified atom stereocenters. The summed E-state index contributed by atoms with van der Waals surface area (Å²) >= 11 is 0. The van der Waals surface area contributed by atoms with E-state index in [-0.39, 0.29) is 0 Å². The molecule has 88 valence electrons. The quantitative estimate of drug-likeness (QED) is 0.766. The molecule has 1 aromatic carbocycles. The van der Waals surface area contributed by atoms with Crippen LogP contribution in [0.3, 0.4) is 0 Å². The van der Waals surface area contributed by atoms with Gasteiger partial charge in [-0.25, -0.2) is 9.67 Å². The number of rotatable bonds is 4. The third kappa shape index (κ3) is 2.67. The molecule has 0 saturated carbocycles. The minimum atomic E-state index is -0.428. The Bertz CT molecular complexity index is 517. The fourth-order valence-corrected chi connectivity index (χ4v) is 1.46. The molecule has 17 heavy (non-hydrogen) atoms. The predicted octanol–water partition coefficient (Wildman–Crippen LogP) is -0.116. The maximum absolute atomic E-state index is 10.9. The van der Waals surface area contributed by atoms with Crippen molar-refractivity contribution in [1.82, 2.24) is 14.8 Å². The molecule has 0 aliphatic rings. The van der Waals surface area contributed by atoms with Crippen molar-refractivity contribution in [3.8, 4) is 0 Å². The molecule has 1 heterocycles. The number of carbonyl (C=O) groups excluding carboxylic acids is 1. The maximum Gasteiger partial charge on any atom is 0.248 e. The molecule has 0 aliphatic heterocycles. The van der Waals surface area contributed by atoms with E-state index in [1.807, 2.05) is 12.1 Å². The number of aromatic nitrogens is 3. The molecule has 4 N–H and O–H groups in total. The van der Waals surface area contributed by atoms with Crippen LogP contribution in [0.2, 0.25) is 0 Å². The molecule has 2 aromatic rings. The summed E-state index contributed by atoms with van der Waals surface area (Å²) in [5.41, 5.74) is 12.1. The second-order valence-corrected chi connectivity index (χ2v) is 3.62. The van der Waals surface area contributed by atoms with Crippen molar-refractivity contribution in [3.05, 3.63) is 47.5 Å². The Balaban J connectivity index is 2.10. The lowest BCUT2D eigenvalue weighted by Crippen LogP contribution is -2.11. The van der Waals surface area contributed by atoms with Gasteiger partial charge in [0.1, 0.15) is 6.33 Å². The van der Waals surface area contributed by atoms with E-state index in [9.17, 15) is 4.79 Å². The standard InChI is InChI=1S/C11H13N5O/c12-5-10-14-7-16(15-10)6-8-1-3-9(4-2-8)11(13)17/h1-4,7H,5-6,12H2,(H2,13,17). The van der Waals surface area contributed by atoms with E-state index in [0.717, 1.165) is 5.56 Å². The first kappa shape index (κ1) is 11.3. The fourth-order valence-electron chi connectivity index (χ4n) is 1.46. The smallest absolute Gasteiger partial charge is 0.248 e. The molecule has 0 saturated heterocycles. The molecule has 0 aliphatic carbocycles. The Hall–Kier alpha value is -2.21. The SMILES string of the molecule is NCc1ncn(Cc2ccc(C(N)=O)cc2)n1. The summed E-state index contributed by atoms with van der Waals surface area (Å²) in [7, 11) is 0. The van der Waals surface area contributed by atoms with Gasteiger partial charge >= 0.3 is 0 Å². The summed E-state index contributed by atoms with van der Waals surface area (Å²) in [6.07, 6.45) is 1.63. The van der Waals surface area contributed by atoms with Crippen molar-refractivity contribution >= 4 is 5.91 Å². The third-order valence-electron chi connectivity index (χ3n) is 2.35. The highest BCUT2D eigenvalue weighted by Gasteiger charge is 2.02. The molecule has 0 radical (unpaired) electrons. The number of primary amides is 1. The van der Waals surface area contributed by atoms with Gasteiger partial charge in [-0.3, -0.25) is 4.79 Å². The first-order chi connectivity index (χ1) is 8.19. The van der Waals surface area contributed by atoms with Gasteiger partial charge in [0.2, 0.25) is 5.91 Å². The Labute approximate surface area is 98.3 Å². The number of nitrogens with two attached hydrogens (primary N) is 2. The number of hydrogen-bond donors (Lipinski definition) is 2. The summed E-state index contributed by atoms with van der Waals surface area (Å²) < 4.78 is 1.70. The molecular weight excluding hydrogens is 218 g/mol. The monoisotopic (exact) mass is 231 g/mol. The zero-order valence-electron chi connectivity index (χ0n) is 9.21. The minimum absolute atomic E-state index is 0.327. The van der Waals surface area contributed by atoms with Crippen LogP contribution in [-0.2, 0) is 13.1 Å². The summed E-state index contributed by atoms with van der Waals surface area (Å²) in [6, 6.07) is 7.06. The second kappa shape index (κ2) is 4.75. The Morgan fingerprint density at radius 3 is 2.53 bits per heavy atom. The highest BCUT2D eigenvalue weighted by Crippen LogP contribution is 2.05. The van der Waals surface area contributed by atoms with Crippen molar-refractivity contribution in [1.29, 1.82) is 0 Å². The summed E-state index contributed by atoms with van der Waals surface area (Å²) in [5, 5.41) is 4.17. The molecule has 1 aromatic heterocycles. The van der Waals surface area contributed by atoms with Gasteiger partial charge in [-0.1, -0.05) is 12.1 Å². The van der Waals surface area contributed by atoms with E-state index < -0.39 is 5.91 Å². The van der Waals surface area contributed by atoms with Crippen LogP contribution in [-0.4, -0.2) is 20.7 Å². The topological polar surface area (TPSA) is 99.8 Å². The summed E-state index contributed by atoms with van der Waals surface area (Å²) in [6.45, 7) is 0.916. The third-order valence-corrected chi connectivity index (χ3v) is 2.35. The second-order valence-electron chi connectivity index (χ2n) is 3.62.